The summed E-state index contributed by atoms with van der Waals surface area (Å²) in [6, 6.07) is 23.0. The number of aryl methyl sites for hydroxylation is 1. The van der Waals surface area contributed by atoms with E-state index in [1.807, 2.05) is 37.3 Å². The second-order valence-corrected chi connectivity index (χ2v) is 10.4. The molecular formula is C27H28N4O3S. The van der Waals surface area contributed by atoms with Gasteiger partial charge in [0.2, 0.25) is 0 Å². The van der Waals surface area contributed by atoms with Gasteiger partial charge in [0.1, 0.15) is 0 Å². The number of nitriles is 1. The Morgan fingerprint density at radius 3 is 2.49 bits per heavy atom. The van der Waals surface area contributed by atoms with E-state index in [0.717, 1.165) is 37.2 Å². The minimum atomic E-state index is -3.82. The third-order valence-electron chi connectivity index (χ3n) is 6.03. The molecule has 0 atom stereocenters. The number of anilines is 1. The van der Waals surface area contributed by atoms with Gasteiger partial charge in [0, 0.05) is 44.0 Å². The molecule has 1 N–H and O–H groups in total. The number of nitrogens with zero attached hydrogens (tertiary/aromatic N) is 3. The molecule has 1 aliphatic rings. The van der Waals surface area contributed by atoms with Crippen molar-refractivity contribution in [3.63, 3.8) is 0 Å². The van der Waals surface area contributed by atoms with E-state index in [1.54, 1.807) is 35.2 Å². The molecule has 0 unspecified atom stereocenters. The number of rotatable bonds is 6. The summed E-state index contributed by atoms with van der Waals surface area (Å²) >= 11 is 0. The zero-order valence-corrected chi connectivity index (χ0v) is 20.5. The van der Waals surface area contributed by atoms with Crippen LogP contribution in [0.5, 0.6) is 0 Å². The highest BCUT2D eigenvalue weighted by molar-refractivity contribution is 7.92. The molecule has 0 saturated carbocycles. The number of hydrogen-bond acceptors (Lipinski definition) is 5. The Kier molecular flexibility index (Phi) is 7.49. The third-order valence-corrected chi connectivity index (χ3v) is 7.41. The van der Waals surface area contributed by atoms with Crippen molar-refractivity contribution < 1.29 is 13.2 Å². The molecule has 35 heavy (non-hydrogen) atoms. The molecule has 0 aliphatic carbocycles. The summed E-state index contributed by atoms with van der Waals surface area (Å²) in [6.07, 6.45) is 0.828. The van der Waals surface area contributed by atoms with Crippen LogP contribution in [0.25, 0.3) is 0 Å². The monoisotopic (exact) mass is 488 g/mol. The molecule has 1 amide bonds. The van der Waals surface area contributed by atoms with Crippen molar-refractivity contribution in [1.82, 2.24) is 9.80 Å². The zero-order chi connectivity index (χ0) is 24.8. The van der Waals surface area contributed by atoms with Crippen LogP contribution >= 0.6 is 0 Å². The summed E-state index contributed by atoms with van der Waals surface area (Å²) in [5.74, 6) is -0.169. The highest BCUT2D eigenvalue weighted by Crippen LogP contribution is 2.20. The Hall–Kier alpha value is -3.67. The first-order valence-corrected chi connectivity index (χ1v) is 13.0. The molecule has 1 heterocycles. The molecule has 1 saturated heterocycles. The highest BCUT2D eigenvalue weighted by atomic mass is 32.2. The Morgan fingerprint density at radius 1 is 0.971 bits per heavy atom. The van der Waals surface area contributed by atoms with Crippen LogP contribution in [-0.4, -0.2) is 50.3 Å². The molecule has 1 fully saturated rings. The van der Waals surface area contributed by atoms with Gasteiger partial charge in [-0.15, -0.1) is 0 Å². The third kappa shape index (κ3) is 6.27. The number of nitrogens with one attached hydrogen (secondary N) is 1. The molecule has 1 aliphatic heterocycles. The lowest BCUT2D eigenvalue weighted by Gasteiger charge is -2.22. The van der Waals surface area contributed by atoms with Gasteiger partial charge in [-0.1, -0.05) is 30.3 Å². The van der Waals surface area contributed by atoms with Crippen molar-refractivity contribution in [3.8, 4) is 6.07 Å². The quantitative estimate of drug-likeness (QED) is 0.566. The van der Waals surface area contributed by atoms with Gasteiger partial charge < -0.3 is 4.90 Å². The number of carbonyl (C=O) groups is 1. The van der Waals surface area contributed by atoms with Crippen molar-refractivity contribution in [2.24, 2.45) is 0 Å². The van der Waals surface area contributed by atoms with E-state index in [9.17, 15) is 13.2 Å². The van der Waals surface area contributed by atoms with Gasteiger partial charge in [-0.3, -0.25) is 14.4 Å². The lowest BCUT2D eigenvalue weighted by atomic mass is 10.1. The van der Waals surface area contributed by atoms with Crippen molar-refractivity contribution in [3.05, 3.63) is 95.1 Å². The molecule has 3 aromatic carbocycles. The molecule has 180 valence electrons. The number of benzene rings is 3. The maximum Gasteiger partial charge on any atom is 0.261 e. The summed E-state index contributed by atoms with van der Waals surface area (Å²) in [5.41, 5.74) is 3.56. The average molecular weight is 489 g/mol. The number of sulfonamides is 1. The lowest BCUT2D eigenvalue weighted by Crippen LogP contribution is -2.35. The molecule has 7 nitrogen and oxygen atoms in total. The Morgan fingerprint density at radius 2 is 1.74 bits per heavy atom. The van der Waals surface area contributed by atoms with Crippen molar-refractivity contribution in [2.45, 2.75) is 24.8 Å². The minimum Gasteiger partial charge on any atom is -0.337 e. The van der Waals surface area contributed by atoms with Gasteiger partial charge in [-0.05, 0) is 66.9 Å². The summed E-state index contributed by atoms with van der Waals surface area (Å²) in [4.78, 5) is 17.4. The Labute approximate surface area is 206 Å². The second kappa shape index (κ2) is 10.7. The highest BCUT2D eigenvalue weighted by Gasteiger charge is 2.22. The summed E-state index contributed by atoms with van der Waals surface area (Å²) in [5, 5.41) is 8.97. The minimum absolute atomic E-state index is 0.0575. The zero-order valence-electron chi connectivity index (χ0n) is 19.6. The van der Waals surface area contributed by atoms with E-state index in [0.29, 0.717) is 29.9 Å². The number of amides is 1. The topological polar surface area (TPSA) is 93.5 Å². The van der Waals surface area contributed by atoms with Gasteiger partial charge in [0.05, 0.1) is 16.5 Å². The smallest absolute Gasteiger partial charge is 0.261 e. The van der Waals surface area contributed by atoms with Gasteiger partial charge in [-0.2, -0.15) is 5.26 Å². The fourth-order valence-electron chi connectivity index (χ4n) is 4.18. The van der Waals surface area contributed by atoms with Crippen LogP contribution in [0.2, 0.25) is 0 Å². The largest absolute Gasteiger partial charge is 0.337 e. The van der Waals surface area contributed by atoms with E-state index >= 15 is 0 Å². The van der Waals surface area contributed by atoms with Crippen molar-refractivity contribution in [1.29, 1.82) is 5.26 Å². The fourth-order valence-corrected chi connectivity index (χ4v) is 5.27. The normalized spacial score (nSPS) is 14.7. The molecule has 4 rings (SSSR count). The molecule has 0 aromatic heterocycles. The van der Waals surface area contributed by atoms with Crippen molar-refractivity contribution >= 4 is 21.6 Å². The van der Waals surface area contributed by atoms with Gasteiger partial charge in [0.25, 0.3) is 15.9 Å². The summed E-state index contributed by atoms with van der Waals surface area (Å²) in [7, 11) is -3.82. The van der Waals surface area contributed by atoms with Crippen LogP contribution < -0.4 is 4.72 Å². The molecular weight excluding hydrogens is 460 g/mol. The fraction of sp³-hybridized carbons (Fsp3) is 0.259. The van der Waals surface area contributed by atoms with Gasteiger partial charge in [0.15, 0.2) is 0 Å². The van der Waals surface area contributed by atoms with E-state index in [1.165, 1.54) is 12.1 Å². The van der Waals surface area contributed by atoms with E-state index in [2.05, 4.69) is 15.7 Å². The van der Waals surface area contributed by atoms with E-state index in [4.69, 9.17) is 5.26 Å². The average Bonchev–Trinajstić information content (AvgIpc) is 3.09. The Bertz CT molecular complexity index is 1350. The first-order chi connectivity index (χ1) is 16.8. The predicted octanol–water partition coefficient (Wildman–Crippen LogP) is 4.02. The van der Waals surface area contributed by atoms with E-state index in [-0.39, 0.29) is 10.8 Å². The van der Waals surface area contributed by atoms with E-state index < -0.39 is 10.0 Å². The molecule has 0 bridgehead atoms. The molecule has 3 aromatic rings. The molecule has 0 radical (unpaired) electrons. The number of hydrogen-bond donors (Lipinski definition) is 1. The SMILES string of the molecule is Cc1cccc(NS(=O)(=O)c2cccc(C(=O)N3CCCN(Cc4ccc(C#N)cc4)CC3)c2)c1. The van der Waals surface area contributed by atoms with Crippen LogP contribution in [0.15, 0.2) is 77.7 Å². The second-order valence-electron chi connectivity index (χ2n) is 8.73. The van der Waals surface area contributed by atoms with Crippen LogP contribution in [0.1, 0.15) is 33.5 Å². The maximum atomic E-state index is 13.2. The van der Waals surface area contributed by atoms with Crippen LogP contribution in [0.3, 0.4) is 0 Å². The summed E-state index contributed by atoms with van der Waals surface area (Å²) < 4.78 is 28.4. The maximum absolute atomic E-state index is 13.2. The van der Waals surface area contributed by atoms with Gasteiger partial charge in [-0.25, -0.2) is 8.42 Å². The predicted molar refractivity (Wildman–Crippen MR) is 135 cm³/mol. The summed E-state index contributed by atoms with van der Waals surface area (Å²) in [6.45, 7) is 5.40. The standard InChI is InChI=1S/C27H28N4O3S/c1-21-5-2-7-25(17-21)29-35(33,34)26-8-3-6-24(18-26)27(32)31-14-4-13-30(15-16-31)20-23-11-9-22(19-28)10-12-23/h2-3,5-12,17-18,29H,4,13-16,20H2,1H3. The first-order valence-electron chi connectivity index (χ1n) is 11.5. The first kappa shape index (κ1) is 24.5. The lowest BCUT2D eigenvalue weighted by molar-refractivity contribution is 0.0761. The van der Waals surface area contributed by atoms with Crippen LogP contribution in [0.4, 0.5) is 5.69 Å². The number of carbonyl (C=O) groups excluding carboxylic acids is 1. The van der Waals surface area contributed by atoms with Crippen LogP contribution in [0, 0.1) is 18.3 Å². The van der Waals surface area contributed by atoms with Crippen molar-refractivity contribution in [2.75, 3.05) is 30.9 Å². The van der Waals surface area contributed by atoms with Gasteiger partial charge >= 0.3 is 0 Å². The van der Waals surface area contributed by atoms with Crippen LogP contribution in [-0.2, 0) is 16.6 Å². The molecule has 0 spiro atoms. The Balaban J connectivity index is 1.42. The molecule has 8 heteroatoms.